The number of aryl methyl sites for hydroxylation is 1. The first-order chi connectivity index (χ1) is 12.7. The zero-order valence-corrected chi connectivity index (χ0v) is 15.4. The molecule has 1 N–H and O–H groups in total. The van der Waals surface area contributed by atoms with Crippen LogP contribution in [0.5, 0.6) is 0 Å². The maximum absolute atomic E-state index is 12.8. The van der Waals surface area contributed by atoms with Crippen molar-refractivity contribution in [3.05, 3.63) is 52.8 Å². The number of Topliss-reactive ketones (excluding diaryl/α,β-unsaturated/α-hetero) is 1. The molecule has 27 heavy (non-hydrogen) atoms. The van der Waals surface area contributed by atoms with Crippen molar-refractivity contribution in [1.82, 2.24) is 9.47 Å². The fourth-order valence-corrected chi connectivity index (χ4v) is 3.61. The molecule has 0 aliphatic carbocycles. The molecule has 2 heterocycles. The number of aromatic nitrogens is 1. The van der Waals surface area contributed by atoms with Crippen molar-refractivity contribution in [2.75, 3.05) is 19.6 Å². The first-order valence-electron chi connectivity index (χ1n) is 8.97. The van der Waals surface area contributed by atoms with Gasteiger partial charge in [0.05, 0.1) is 18.2 Å². The predicted molar refractivity (Wildman–Crippen MR) is 96.3 cm³/mol. The van der Waals surface area contributed by atoms with E-state index in [1.807, 2.05) is 11.8 Å². The Morgan fingerprint density at radius 3 is 2.30 bits per heavy atom. The van der Waals surface area contributed by atoms with Crippen LogP contribution in [0.4, 0.5) is 13.2 Å². The maximum atomic E-state index is 12.8. The van der Waals surface area contributed by atoms with Crippen LogP contribution in [0.3, 0.4) is 0 Å². The van der Waals surface area contributed by atoms with Gasteiger partial charge in [0.25, 0.3) is 0 Å². The Morgan fingerprint density at radius 2 is 1.74 bits per heavy atom. The van der Waals surface area contributed by atoms with Gasteiger partial charge in [0.2, 0.25) is 0 Å². The number of hydrogen-bond donors (Lipinski definition) is 1. The number of likely N-dealkylation sites (tertiary alicyclic amines) is 1. The number of alkyl halides is 3. The van der Waals surface area contributed by atoms with Gasteiger partial charge in [-0.3, -0.25) is 9.69 Å². The van der Waals surface area contributed by atoms with Crippen molar-refractivity contribution in [2.45, 2.75) is 39.0 Å². The van der Waals surface area contributed by atoms with Crippen molar-refractivity contribution in [2.24, 2.45) is 0 Å². The first kappa shape index (κ1) is 19.6. The summed E-state index contributed by atoms with van der Waals surface area (Å²) in [7, 11) is 0. The number of ketones is 1. The third kappa shape index (κ3) is 4.25. The third-order valence-electron chi connectivity index (χ3n) is 5.11. The summed E-state index contributed by atoms with van der Waals surface area (Å²) in [5.41, 5.74) is 1.99. The predicted octanol–water partition coefficient (Wildman–Crippen LogP) is 3.75. The number of aliphatic hydroxyl groups excluding tert-OH is 1. The second-order valence-corrected chi connectivity index (χ2v) is 7.10. The maximum Gasteiger partial charge on any atom is 0.416 e. The summed E-state index contributed by atoms with van der Waals surface area (Å²) in [6.07, 6.45) is -3.33. The SMILES string of the molecule is Cc1cc(C(=O)CN2CCC(O)CC2)c(C)n1-c1ccc(C(F)(F)F)cc1. The highest BCUT2D eigenvalue weighted by Gasteiger charge is 2.30. The molecule has 1 fully saturated rings. The van der Waals surface area contributed by atoms with E-state index in [2.05, 4.69) is 0 Å². The smallest absolute Gasteiger partial charge is 0.393 e. The molecule has 1 aromatic carbocycles. The van der Waals surface area contributed by atoms with Crippen LogP contribution >= 0.6 is 0 Å². The second-order valence-electron chi connectivity index (χ2n) is 7.10. The molecule has 0 bridgehead atoms. The monoisotopic (exact) mass is 380 g/mol. The van der Waals surface area contributed by atoms with Gasteiger partial charge in [0.1, 0.15) is 0 Å². The van der Waals surface area contributed by atoms with Crippen molar-refractivity contribution >= 4 is 5.78 Å². The number of rotatable bonds is 4. The van der Waals surface area contributed by atoms with E-state index in [1.165, 1.54) is 12.1 Å². The molecular weight excluding hydrogens is 357 g/mol. The highest BCUT2D eigenvalue weighted by molar-refractivity contribution is 5.99. The molecule has 0 spiro atoms. The van der Waals surface area contributed by atoms with Crippen LogP contribution in [0.1, 0.15) is 40.2 Å². The van der Waals surface area contributed by atoms with Crippen LogP contribution < -0.4 is 0 Å². The van der Waals surface area contributed by atoms with E-state index in [4.69, 9.17) is 0 Å². The summed E-state index contributed by atoms with van der Waals surface area (Å²) in [4.78, 5) is 14.8. The number of benzene rings is 1. The Hall–Kier alpha value is -2.12. The van der Waals surface area contributed by atoms with Crippen LogP contribution in [0, 0.1) is 13.8 Å². The Kier molecular flexibility index (Phi) is 5.44. The lowest BCUT2D eigenvalue weighted by atomic mass is 10.1. The average molecular weight is 380 g/mol. The summed E-state index contributed by atoms with van der Waals surface area (Å²) in [6, 6.07) is 6.73. The quantitative estimate of drug-likeness (QED) is 0.822. The van der Waals surface area contributed by atoms with Gasteiger partial charge in [-0.25, -0.2) is 0 Å². The van der Waals surface area contributed by atoms with Crippen LogP contribution in [-0.4, -0.2) is 46.1 Å². The normalized spacial score (nSPS) is 16.7. The number of aliphatic hydroxyl groups is 1. The molecule has 3 rings (SSSR count). The third-order valence-corrected chi connectivity index (χ3v) is 5.11. The number of halogens is 3. The molecule has 0 amide bonds. The fraction of sp³-hybridized carbons (Fsp3) is 0.450. The molecule has 2 aromatic rings. The van der Waals surface area contributed by atoms with Crippen molar-refractivity contribution in [3.8, 4) is 5.69 Å². The highest BCUT2D eigenvalue weighted by atomic mass is 19.4. The molecular formula is C20H23F3N2O2. The topological polar surface area (TPSA) is 45.5 Å². The highest BCUT2D eigenvalue weighted by Crippen LogP contribution is 2.30. The molecule has 1 aliphatic rings. The van der Waals surface area contributed by atoms with Crippen molar-refractivity contribution < 1.29 is 23.1 Å². The second kappa shape index (κ2) is 7.48. The number of carbonyl (C=O) groups is 1. The van der Waals surface area contributed by atoms with Gasteiger partial charge in [-0.15, -0.1) is 0 Å². The van der Waals surface area contributed by atoms with Gasteiger partial charge >= 0.3 is 6.18 Å². The molecule has 7 heteroatoms. The number of nitrogens with zero attached hydrogens (tertiary/aromatic N) is 2. The Labute approximate surface area is 156 Å². The largest absolute Gasteiger partial charge is 0.416 e. The van der Waals surface area contributed by atoms with Gasteiger partial charge in [0, 0.05) is 35.7 Å². The zero-order chi connectivity index (χ0) is 19.8. The molecule has 0 radical (unpaired) electrons. The molecule has 0 saturated carbocycles. The zero-order valence-electron chi connectivity index (χ0n) is 15.4. The van der Waals surface area contributed by atoms with Crippen LogP contribution in [-0.2, 0) is 6.18 Å². The van der Waals surface area contributed by atoms with Gasteiger partial charge < -0.3 is 9.67 Å². The van der Waals surface area contributed by atoms with Crippen molar-refractivity contribution in [3.63, 3.8) is 0 Å². The van der Waals surface area contributed by atoms with E-state index in [0.29, 0.717) is 42.9 Å². The van der Waals surface area contributed by atoms with E-state index in [9.17, 15) is 23.1 Å². The fourth-order valence-electron chi connectivity index (χ4n) is 3.61. The van der Waals surface area contributed by atoms with Crippen LogP contribution in [0.25, 0.3) is 5.69 Å². The minimum Gasteiger partial charge on any atom is -0.393 e. The van der Waals surface area contributed by atoms with Gasteiger partial charge in [-0.1, -0.05) is 0 Å². The summed E-state index contributed by atoms with van der Waals surface area (Å²) < 4.78 is 40.1. The number of piperidine rings is 1. The summed E-state index contributed by atoms with van der Waals surface area (Å²) in [5, 5.41) is 9.57. The van der Waals surface area contributed by atoms with E-state index < -0.39 is 11.7 Å². The first-order valence-corrected chi connectivity index (χ1v) is 8.97. The summed E-state index contributed by atoms with van der Waals surface area (Å²) in [5.74, 6) is -0.0161. The molecule has 1 saturated heterocycles. The van der Waals surface area contributed by atoms with Gasteiger partial charge in [-0.2, -0.15) is 13.2 Å². The minimum atomic E-state index is -4.37. The van der Waals surface area contributed by atoms with Gasteiger partial charge in [-0.05, 0) is 57.0 Å². The molecule has 0 unspecified atom stereocenters. The lowest BCUT2D eigenvalue weighted by Gasteiger charge is -2.28. The summed E-state index contributed by atoms with van der Waals surface area (Å²) in [6.45, 7) is 5.29. The molecule has 146 valence electrons. The molecule has 1 aromatic heterocycles. The Morgan fingerprint density at radius 1 is 1.15 bits per heavy atom. The Balaban J connectivity index is 1.81. The number of carbonyl (C=O) groups excluding carboxylic acids is 1. The van der Waals surface area contributed by atoms with Gasteiger partial charge in [0.15, 0.2) is 5.78 Å². The lowest BCUT2D eigenvalue weighted by Crippen LogP contribution is -2.39. The molecule has 4 nitrogen and oxygen atoms in total. The van der Waals surface area contributed by atoms with E-state index in [-0.39, 0.29) is 18.4 Å². The van der Waals surface area contributed by atoms with Crippen LogP contribution in [0.2, 0.25) is 0 Å². The Bertz CT molecular complexity index is 817. The minimum absolute atomic E-state index is 0.0161. The van der Waals surface area contributed by atoms with Crippen molar-refractivity contribution in [1.29, 1.82) is 0 Å². The average Bonchev–Trinajstić information content (AvgIpc) is 2.91. The van der Waals surface area contributed by atoms with E-state index in [0.717, 1.165) is 17.8 Å². The lowest BCUT2D eigenvalue weighted by molar-refractivity contribution is -0.137. The molecule has 1 aliphatic heterocycles. The number of hydrogen-bond acceptors (Lipinski definition) is 3. The van der Waals surface area contributed by atoms with E-state index >= 15 is 0 Å². The van der Waals surface area contributed by atoms with Crippen LogP contribution in [0.15, 0.2) is 30.3 Å². The standard InChI is InChI=1S/C20H23F3N2O2/c1-13-11-18(19(27)12-24-9-7-17(26)8-10-24)14(2)25(13)16-5-3-15(4-6-16)20(21,22)23/h3-6,11,17,26H,7-10,12H2,1-2H3. The van der Waals surface area contributed by atoms with E-state index in [1.54, 1.807) is 17.6 Å². The molecule has 0 atom stereocenters. The summed E-state index contributed by atoms with van der Waals surface area (Å²) >= 11 is 0.